The zero-order valence-corrected chi connectivity index (χ0v) is 15.9. The first-order chi connectivity index (χ1) is 13.1. The summed E-state index contributed by atoms with van der Waals surface area (Å²) in [6.07, 6.45) is 5.56. The van der Waals surface area contributed by atoms with Gasteiger partial charge in [0, 0.05) is 24.0 Å². The number of halogens is 1. The number of benzene rings is 1. The molecule has 3 aromatic rings. The second-order valence-corrected chi connectivity index (χ2v) is 8.60. The van der Waals surface area contributed by atoms with Crippen LogP contribution in [0.1, 0.15) is 31.2 Å². The summed E-state index contributed by atoms with van der Waals surface area (Å²) in [7, 11) is -3.73. The van der Waals surface area contributed by atoms with Crippen LogP contribution in [-0.4, -0.2) is 34.4 Å². The molecule has 3 heterocycles. The summed E-state index contributed by atoms with van der Waals surface area (Å²) in [6.45, 7) is 0.393. The topological polar surface area (TPSA) is 89.2 Å². The average molecular weight is 405 g/mol. The number of hydrogen-bond acceptors (Lipinski definition) is 6. The SMILES string of the molecule is O=S(=O)(c1cccc(Cl)c1)N1CCCC[C@@H]1c1nnc(-c2cccnc2)o1. The van der Waals surface area contributed by atoms with Crippen LogP contribution in [0.15, 0.2) is 58.1 Å². The Morgan fingerprint density at radius 3 is 2.81 bits per heavy atom. The van der Waals surface area contributed by atoms with Gasteiger partial charge in [0.25, 0.3) is 0 Å². The molecule has 9 heteroatoms. The van der Waals surface area contributed by atoms with Crippen LogP contribution in [0, 0.1) is 0 Å². The van der Waals surface area contributed by atoms with Gasteiger partial charge in [-0.1, -0.05) is 24.1 Å². The first-order valence-electron chi connectivity index (χ1n) is 8.57. The van der Waals surface area contributed by atoms with Crippen molar-refractivity contribution >= 4 is 21.6 Å². The first-order valence-corrected chi connectivity index (χ1v) is 10.4. The third kappa shape index (κ3) is 3.60. The molecule has 1 atom stereocenters. The van der Waals surface area contributed by atoms with E-state index < -0.39 is 16.1 Å². The highest BCUT2D eigenvalue weighted by Gasteiger charge is 2.37. The minimum Gasteiger partial charge on any atom is -0.419 e. The molecule has 0 radical (unpaired) electrons. The van der Waals surface area contributed by atoms with Crippen molar-refractivity contribution in [1.29, 1.82) is 0 Å². The van der Waals surface area contributed by atoms with Crippen LogP contribution < -0.4 is 0 Å². The Morgan fingerprint density at radius 1 is 1.15 bits per heavy atom. The van der Waals surface area contributed by atoms with E-state index in [0.717, 1.165) is 12.8 Å². The van der Waals surface area contributed by atoms with Crippen molar-refractivity contribution in [3.8, 4) is 11.5 Å². The quantitative estimate of drug-likeness (QED) is 0.658. The number of sulfonamides is 1. The number of pyridine rings is 1. The van der Waals surface area contributed by atoms with E-state index in [4.69, 9.17) is 16.0 Å². The van der Waals surface area contributed by atoms with Crippen molar-refractivity contribution in [2.45, 2.75) is 30.2 Å². The molecular formula is C18H17ClN4O3S. The normalized spacial score (nSPS) is 18.5. The summed E-state index contributed by atoms with van der Waals surface area (Å²) >= 11 is 5.98. The molecule has 140 valence electrons. The summed E-state index contributed by atoms with van der Waals surface area (Å²) in [6, 6.07) is 9.36. The van der Waals surface area contributed by atoms with Crippen molar-refractivity contribution in [2.24, 2.45) is 0 Å². The lowest BCUT2D eigenvalue weighted by molar-refractivity contribution is 0.220. The molecule has 1 aliphatic heterocycles. The third-order valence-electron chi connectivity index (χ3n) is 4.49. The smallest absolute Gasteiger partial charge is 0.249 e. The van der Waals surface area contributed by atoms with Gasteiger partial charge in [-0.15, -0.1) is 10.2 Å². The molecule has 7 nitrogen and oxygen atoms in total. The average Bonchev–Trinajstić information content (AvgIpc) is 3.19. The van der Waals surface area contributed by atoms with E-state index in [2.05, 4.69) is 15.2 Å². The molecule has 0 spiro atoms. The Kier molecular flexibility index (Phi) is 4.94. The highest BCUT2D eigenvalue weighted by Crippen LogP contribution is 2.36. The summed E-state index contributed by atoms with van der Waals surface area (Å²) < 4.78 is 33.6. The Hall–Kier alpha value is -2.29. The van der Waals surface area contributed by atoms with Gasteiger partial charge in [0.05, 0.1) is 10.5 Å². The molecule has 27 heavy (non-hydrogen) atoms. The van der Waals surface area contributed by atoms with Gasteiger partial charge in [0.1, 0.15) is 6.04 Å². The van der Waals surface area contributed by atoms with Gasteiger partial charge in [0.2, 0.25) is 21.8 Å². The lowest BCUT2D eigenvalue weighted by Crippen LogP contribution is -2.38. The lowest BCUT2D eigenvalue weighted by Gasteiger charge is -2.32. The molecule has 0 saturated carbocycles. The fraction of sp³-hybridized carbons (Fsp3) is 0.278. The van der Waals surface area contributed by atoms with Gasteiger partial charge in [-0.05, 0) is 43.2 Å². The maximum Gasteiger partial charge on any atom is 0.249 e. The van der Waals surface area contributed by atoms with Gasteiger partial charge >= 0.3 is 0 Å². The van der Waals surface area contributed by atoms with E-state index in [1.807, 2.05) is 6.07 Å². The molecule has 4 rings (SSSR count). The molecule has 1 fully saturated rings. The van der Waals surface area contributed by atoms with Gasteiger partial charge in [-0.3, -0.25) is 4.98 Å². The van der Waals surface area contributed by atoms with E-state index in [-0.39, 0.29) is 4.90 Å². The molecule has 0 N–H and O–H groups in total. The van der Waals surface area contributed by atoms with E-state index in [1.54, 1.807) is 36.7 Å². The van der Waals surface area contributed by atoms with E-state index >= 15 is 0 Å². The zero-order chi connectivity index (χ0) is 18.9. The molecule has 0 bridgehead atoms. The number of rotatable bonds is 4. The first kappa shape index (κ1) is 18.1. The van der Waals surface area contributed by atoms with Crippen LogP contribution in [0.3, 0.4) is 0 Å². The summed E-state index contributed by atoms with van der Waals surface area (Å²) in [5, 5.41) is 8.56. The Morgan fingerprint density at radius 2 is 2.04 bits per heavy atom. The summed E-state index contributed by atoms with van der Waals surface area (Å²) in [5.74, 6) is 0.614. The van der Waals surface area contributed by atoms with Crippen LogP contribution in [-0.2, 0) is 10.0 Å². The Bertz CT molecular complexity index is 1040. The number of hydrogen-bond donors (Lipinski definition) is 0. The van der Waals surface area contributed by atoms with Crippen molar-refractivity contribution < 1.29 is 12.8 Å². The summed E-state index contributed by atoms with van der Waals surface area (Å²) in [4.78, 5) is 4.20. The number of piperidine rings is 1. The van der Waals surface area contributed by atoms with Crippen molar-refractivity contribution in [3.63, 3.8) is 0 Å². The molecule has 1 aliphatic rings. The highest BCUT2D eigenvalue weighted by atomic mass is 35.5. The van der Waals surface area contributed by atoms with Crippen LogP contribution in [0.4, 0.5) is 0 Å². The maximum atomic E-state index is 13.2. The molecule has 0 aliphatic carbocycles. The van der Waals surface area contributed by atoms with Crippen LogP contribution in [0.2, 0.25) is 5.02 Å². The van der Waals surface area contributed by atoms with E-state index in [9.17, 15) is 8.42 Å². The second kappa shape index (κ2) is 7.38. The number of nitrogens with zero attached hydrogens (tertiary/aromatic N) is 4. The van der Waals surface area contributed by atoms with Crippen LogP contribution >= 0.6 is 11.6 Å². The van der Waals surface area contributed by atoms with Gasteiger partial charge in [0.15, 0.2) is 0 Å². The molecule has 1 aromatic carbocycles. The highest BCUT2D eigenvalue weighted by molar-refractivity contribution is 7.89. The maximum absolute atomic E-state index is 13.2. The molecular weight excluding hydrogens is 388 g/mol. The lowest BCUT2D eigenvalue weighted by atomic mass is 10.1. The molecule has 0 amide bonds. The Labute approximate surface area is 162 Å². The summed E-state index contributed by atoms with van der Waals surface area (Å²) in [5.41, 5.74) is 0.691. The molecule has 0 unspecified atom stereocenters. The largest absolute Gasteiger partial charge is 0.419 e. The predicted octanol–water partition coefficient (Wildman–Crippen LogP) is 3.70. The molecule has 2 aromatic heterocycles. The van der Waals surface area contributed by atoms with E-state index in [0.29, 0.717) is 35.3 Å². The van der Waals surface area contributed by atoms with Crippen molar-refractivity contribution in [2.75, 3.05) is 6.54 Å². The monoisotopic (exact) mass is 404 g/mol. The fourth-order valence-corrected chi connectivity index (χ4v) is 5.13. The van der Waals surface area contributed by atoms with Gasteiger partial charge in [-0.2, -0.15) is 4.31 Å². The predicted molar refractivity (Wildman–Crippen MR) is 99.5 cm³/mol. The number of aromatic nitrogens is 3. The standard InChI is InChI=1S/C18H17ClN4O3S/c19-14-6-3-7-15(11-14)27(24,25)23-10-2-1-8-16(23)18-22-21-17(26-18)13-5-4-9-20-12-13/h3-7,9,11-12,16H,1-2,8,10H2/t16-/m1/s1. The fourth-order valence-electron chi connectivity index (χ4n) is 3.18. The van der Waals surface area contributed by atoms with Gasteiger partial charge < -0.3 is 4.42 Å². The minimum atomic E-state index is -3.73. The zero-order valence-electron chi connectivity index (χ0n) is 14.3. The van der Waals surface area contributed by atoms with Gasteiger partial charge in [-0.25, -0.2) is 8.42 Å². The Balaban J connectivity index is 1.68. The van der Waals surface area contributed by atoms with Crippen LogP contribution in [0.25, 0.3) is 11.5 Å². The molecule has 1 saturated heterocycles. The second-order valence-electron chi connectivity index (χ2n) is 6.27. The van der Waals surface area contributed by atoms with Crippen molar-refractivity contribution in [1.82, 2.24) is 19.5 Å². The van der Waals surface area contributed by atoms with E-state index in [1.165, 1.54) is 10.4 Å². The third-order valence-corrected chi connectivity index (χ3v) is 6.63. The minimum absolute atomic E-state index is 0.161. The van der Waals surface area contributed by atoms with Crippen LogP contribution in [0.5, 0.6) is 0 Å². The van der Waals surface area contributed by atoms with Crippen molar-refractivity contribution in [3.05, 3.63) is 59.7 Å².